The molecule has 0 unspecified atom stereocenters. The van der Waals surface area contributed by atoms with Crippen LogP contribution in [0, 0.1) is 17.1 Å². The van der Waals surface area contributed by atoms with E-state index >= 15 is 0 Å². The van der Waals surface area contributed by atoms with E-state index in [0.717, 1.165) is 19.1 Å². The molecular formula is C11H11FN2O4S. The zero-order valence-electron chi connectivity index (χ0n) is 9.92. The lowest BCUT2D eigenvalue weighted by atomic mass is 10.1. The normalized spacial score (nSPS) is 12.7. The molecule has 6 nitrogen and oxygen atoms in total. The number of benzene rings is 1. The molecule has 1 aromatic rings. The minimum atomic E-state index is -4.01. The van der Waals surface area contributed by atoms with E-state index < -0.39 is 33.6 Å². The van der Waals surface area contributed by atoms with Crippen LogP contribution in [-0.4, -0.2) is 25.5 Å². The Morgan fingerprint density at radius 1 is 1.58 bits per heavy atom. The predicted molar refractivity (Wildman–Crippen MR) is 64.0 cm³/mol. The van der Waals surface area contributed by atoms with Crippen molar-refractivity contribution < 1.29 is 22.7 Å². The molecule has 0 aliphatic heterocycles. The molecule has 0 aromatic heterocycles. The SMILES string of the molecule is C[C@H](NS(=O)(=O)Cc1cc(C#N)ccc1F)C(=O)O. The first-order valence-corrected chi connectivity index (χ1v) is 6.82. The second-order valence-corrected chi connectivity index (χ2v) is 5.61. The zero-order chi connectivity index (χ0) is 14.6. The Morgan fingerprint density at radius 2 is 2.21 bits per heavy atom. The highest BCUT2D eigenvalue weighted by Gasteiger charge is 2.21. The van der Waals surface area contributed by atoms with Crippen LogP contribution in [0.25, 0.3) is 0 Å². The summed E-state index contributed by atoms with van der Waals surface area (Å²) in [7, 11) is -4.01. The molecule has 0 fully saturated rings. The number of hydrogen-bond donors (Lipinski definition) is 2. The fourth-order valence-electron chi connectivity index (χ4n) is 1.32. The first kappa shape index (κ1) is 15.1. The number of hydrogen-bond acceptors (Lipinski definition) is 4. The Labute approximate surface area is 109 Å². The molecule has 0 heterocycles. The summed E-state index contributed by atoms with van der Waals surface area (Å²) in [6.07, 6.45) is 0. The van der Waals surface area contributed by atoms with Crippen molar-refractivity contribution in [3.63, 3.8) is 0 Å². The van der Waals surface area contributed by atoms with Crippen LogP contribution >= 0.6 is 0 Å². The van der Waals surface area contributed by atoms with Gasteiger partial charge in [0.05, 0.1) is 17.4 Å². The van der Waals surface area contributed by atoms with Crippen LogP contribution in [0.5, 0.6) is 0 Å². The molecule has 0 radical (unpaired) electrons. The summed E-state index contributed by atoms with van der Waals surface area (Å²) in [5.41, 5.74) is -0.0676. The molecule has 0 spiro atoms. The van der Waals surface area contributed by atoms with E-state index in [0.29, 0.717) is 0 Å². The van der Waals surface area contributed by atoms with Crippen molar-refractivity contribution in [1.82, 2.24) is 4.72 Å². The molecule has 1 rings (SSSR count). The quantitative estimate of drug-likeness (QED) is 0.823. The molecule has 0 bridgehead atoms. The maximum absolute atomic E-state index is 13.4. The molecule has 102 valence electrons. The van der Waals surface area contributed by atoms with Gasteiger partial charge in [0, 0.05) is 5.56 Å². The molecule has 1 aromatic carbocycles. The van der Waals surface area contributed by atoms with Crippen LogP contribution in [-0.2, 0) is 20.6 Å². The molecular weight excluding hydrogens is 275 g/mol. The minimum absolute atomic E-state index is 0.123. The van der Waals surface area contributed by atoms with Gasteiger partial charge in [0.25, 0.3) is 0 Å². The second kappa shape index (κ2) is 5.77. The molecule has 0 amide bonds. The topological polar surface area (TPSA) is 107 Å². The largest absolute Gasteiger partial charge is 0.480 e. The van der Waals surface area contributed by atoms with Gasteiger partial charge in [0.1, 0.15) is 11.9 Å². The van der Waals surface area contributed by atoms with Crippen LogP contribution in [0.3, 0.4) is 0 Å². The first-order chi connectivity index (χ1) is 8.75. The van der Waals surface area contributed by atoms with Crippen LogP contribution in [0.15, 0.2) is 18.2 Å². The van der Waals surface area contributed by atoms with Crippen LogP contribution in [0.4, 0.5) is 4.39 Å². The number of aliphatic carboxylic acids is 1. The summed E-state index contributed by atoms with van der Waals surface area (Å²) in [6, 6.07) is 3.77. The van der Waals surface area contributed by atoms with Gasteiger partial charge < -0.3 is 5.11 Å². The molecule has 1 atom stereocenters. The van der Waals surface area contributed by atoms with Crippen molar-refractivity contribution in [2.45, 2.75) is 18.7 Å². The van der Waals surface area contributed by atoms with Crippen LogP contribution < -0.4 is 4.72 Å². The van der Waals surface area contributed by atoms with Crippen LogP contribution in [0.1, 0.15) is 18.1 Å². The molecule has 2 N–H and O–H groups in total. The number of nitriles is 1. The molecule has 0 saturated carbocycles. The van der Waals surface area contributed by atoms with Gasteiger partial charge >= 0.3 is 5.97 Å². The maximum atomic E-state index is 13.4. The Balaban J connectivity index is 2.96. The number of sulfonamides is 1. The highest BCUT2D eigenvalue weighted by molar-refractivity contribution is 7.88. The maximum Gasteiger partial charge on any atom is 0.321 e. The number of rotatable bonds is 5. The minimum Gasteiger partial charge on any atom is -0.480 e. The third-order valence-electron chi connectivity index (χ3n) is 2.25. The Hall–Kier alpha value is -1.98. The number of halogens is 1. The Kier molecular flexibility index (Phi) is 4.58. The summed E-state index contributed by atoms with van der Waals surface area (Å²) in [5.74, 6) is -2.84. The Morgan fingerprint density at radius 3 is 2.74 bits per heavy atom. The summed E-state index contributed by atoms with van der Waals surface area (Å²) in [5, 5.41) is 17.3. The van der Waals surface area contributed by atoms with E-state index in [1.54, 1.807) is 6.07 Å². The van der Waals surface area contributed by atoms with Gasteiger partial charge in [-0.25, -0.2) is 17.5 Å². The van der Waals surface area contributed by atoms with Crippen LogP contribution in [0.2, 0.25) is 0 Å². The van der Waals surface area contributed by atoms with Crippen molar-refractivity contribution in [2.24, 2.45) is 0 Å². The molecule has 0 saturated heterocycles. The van der Waals surface area contributed by atoms with Gasteiger partial charge in [-0.2, -0.15) is 5.26 Å². The zero-order valence-corrected chi connectivity index (χ0v) is 10.7. The van der Waals surface area contributed by atoms with E-state index in [1.807, 2.05) is 4.72 Å². The average Bonchev–Trinajstić information content (AvgIpc) is 2.31. The summed E-state index contributed by atoms with van der Waals surface area (Å²) < 4.78 is 38.6. The molecule has 0 aliphatic rings. The van der Waals surface area contributed by atoms with Crippen molar-refractivity contribution in [2.75, 3.05) is 0 Å². The van der Waals surface area contributed by atoms with E-state index in [-0.39, 0.29) is 11.1 Å². The average molecular weight is 286 g/mol. The highest BCUT2D eigenvalue weighted by Crippen LogP contribution is 2.13. The smallest absolute Gasteiger partial charge is 0.321 e. The fourth-order valence-corrected chi connectivity index (χ4v) is 2.67. The van der Waals surface area contributed by atoms with E-state index in [4.69, 9.17) is 10.4 Å². The Bertz CT molecular complexity index is 637. The number of nitrogens with zero attached hydrogens (tertiary/aromatic N) is 1. The fraction of sp³-hybridized carbons (Fsp3) is 0.273. The first-order valence-electron chi connectivity index (χ1n) is 5.16. The highest BCUT2D eigenvalue weighted by atomic mass is 32.2. The lowest BCUT2D eigenvalue weighted by Crippen LogP contribution is -2.39. The van der Waals surface area contributed by atoms with Crippen molar-refractivity contribution in [1.29, 1.82) is 5.26 Å². The monoisotopic (exact) mass is 286 g/mol. The summed E-state index contributed by atoms with van der Waals surface area (Å²) in [6.45, 7) is 1.15. The van der Waals surface area contributed by atoms with Gasteiger partial charge in [0.15, 0.2) is 0 Å². The van der Waals surface area contributed by atoms with Gasteiger partial charge in [-0.05, 0) is 25.1 Å². The number of carbonyl (C=O) groups is 1. The third kappa shape index (κ3) is 4.31. The second-order valence-electron chi connectivity index (χ2n) is 3.85. The van der Waals surface area contributed by atoms with E-state index in [2.05, 4.69) is 0 Å². The number of carboxylic acids is 1. The number of carboxylic acid groups (broad SMARTS) is 1. The summed E-state index contributed by atoms with van der Waals surface area (Å²) >= 11 is 0. The van der Waals surface area contributed by atoms with E-state index in [9.17, 15) is 17.6 Å². The third-order valence-corrected chi connectivity index (χ3v) is 3.65. The molecule has 19 heavy (non-hydrogen) atoms. The molecule has 0 aliphatic carbocycles. The van der Waals surface area contributed by atoms with Gasteiger partial charge in [0.2, 0.25) is 10.0 Å². The lowest BCUT2D eigenvalue weighted by molar-refractivity contribution is -0.138. The number of nitrogens with one attached hydrogen (secondary N) is 1. The van der Waals surface area contributed by atoms with Gasteiger partial charge in [-0.3, -0.25) is 4.79 Å². The van der Waals surface area contributed by atoms with E-state index in [1.165, 1.54) is 6.07 Å². The van der Waals surface area contributed by atoms with Gasteiger partial charge in [-0.15, -0.1) is 0 Å². The van der Waals surface area contributed by atoms with Crippen molar-refractivity contribution in [3.8, 4) is 6.07 Å². The van der Waals surface area contributed by atoms with Crippen molar-refractivity contribution >= 4 is 16.0 Å². The standard InChI is InChI=1S/C11H11FN2O4S/c1-7(11(15)16)14-19(17,18)6-9-4-8(5-13)2-3-10(9)12/h2-4,7,14H,6H2,1H3,(H,15,16)/t7-/m0/s1. The van der Waals surface area contributed by atoms with Crippen molar-refractivity contribution in [3.05, 3.63) is 35.1 Å². The van der Waals surface area contributed by atoms with Gasteiger partial charge in [-0.1, -0.05) is 0 Å². The predicted octanol–water partition coefficient (Wildman–Crippen LogP) is 0.590. The lowest BCUT2D eigenvalue weighted by Gasteiger charge is -2.10. The molecule has 8 heteroatoms. The summed E-state index contributed by atoms with van der Waals surface area (Å²) in [4.78, 5) is 10.6.